The highest BCUT2D eigenvalue weighted by atomic mass is 16.4. The summed E-state index contributed by atoms with van der Waals surface area (Å²) in [6, 6.07) is 20.4. The van der Waals surface area contributed by atoms with Crippen LogP contribution < -0.4 is 4.90 Å². The third-order valence-corrected chi connectivity index (χ3v) is 5.00. The number of aromatic nitrogens is 1. The Bertz CT molecular complexity index is 989. The summed E-state index contributed by atoms with van der Waals surface area (Å²) in [5, 5.41) is 9.63. The molecule has 0 saturated heterocycles. The largest absolute Gasteiger partial charge is 0.481 e. The van der Waals surface area contributed by atoms with E-state index in [1.807, 2.05) is 66.7 Å². The maximum Gasteiger partial charge on any atom is 0.304 e. The number of hydrogen-bond donors (Lipinski definition) is 1. The molecule has 4 rings (SSSR count). The van der Waals surface area contributed by atoms with Gasteiger partial charge in [-0.25, -0.2) is 0 Å². The number of hydrogen-bond acceptors (Lipinski definition) is 3. The van der Waals surface area contributed by atoms with E-state index in [1.165, 1.54) is 0 Å². The highest BCUT2D eigenvalue weighted by Gasteiger charge is 2.52. The minimum atomic E-state index is -1.15. The van der Waals surface area contributed by atoms with Crippen LogP contribution in [0.5, 0.6) is 0 Å². The van der Waals surface area contributed by atoms with Gasteiger partial charge in [0.05, 0.1) is 17.5 Å². The lowest BCUT2D eigenvalue weighted by Gasteiger charge is -2.27. The topological polar surface area (TPSA) is 70.5 Å². The van der Waals surface area contributed by atoms with Gasteiger partial charge in [-0.2, -0.15) is 0 Å². The molecule has 5 heteroatoms. The highest BCUT2D eigenvalue weighted by molar-refractivity contribution is 6.14. The zero-order valence-electron chi connectivity index (χ0n) is 14.6. The number of carboxylic acids is 1. The number of nitrogens with zero attached hydrogens (tertiary/aromatic N) is 2. The van der Waals surface area contributed by atoms with Gasteiger partial charge in [0, 0.05) is 18.1 Å². The Balaban J connectivity index is 1.90. The third kappa shape index (κ3) is 2.87. The Morgan fingerprint density at radius 1 is 0.963 bits per heavy atom. The minimum Gasteiger partial charge on any atom is -0.481 e. The maximum absolute atomic E-state index is 13.7. The van der Waals surface area contributed by atoms with Crippen LogP contribution in [0.1, 0.15) is 17.5 Å². The third-order valence-electron chi connectivity index (χ3n) is 5.00. The molecular formula is C22H18N2O3. The summed E-state index contributed by atoms with van der Waals surface area (Å²) in [5.74, 6) is -1.21. The molecule has 1 aromatic heterocycles. The summed E-state index contributed by atoms with van der Waals surface area (Å²) in [7, 11) is 0. The molecule has 1 aliphatic heterocycles. The van der Waals surface area contributed by atoms with Gasteiger partial charge in [-0.15, -0.1) is 0 Å². The van der Waals surface area contributed by atoms with Gasteiger partial charge in [0.15, 0.2) is 0 Å². The molecule has 0 bridgehead atoms. The van der Waals surface area contributed by atoms with Gasteiger partial charge in [0.1, 0.15) is 0 Å². The number of carboxylic acid groups (broad SMARTS) is 1. The van der Waals surface area contributed by atoms with E-state index in [4.69, 9.17) is 0 Å². The molecule has 0 radical (unpaired) electrons. The first kappa shape index (κ1) is 17.0. The lowest BCUT2D eigenvalue weighted by Crippen LogP contribution is -2.42. The second kappa shape index (κ2) is 6.68. The molecule has 1 atom stereocenters. The van der Waals surface area contributed by atoms with Crippen LogP contribution in [0.3, 0.4) is 0 Å². The van der Waals surface area contributed by atoms with E-state index in [-0.39, 0.29) is 12.3 Å². The van der Waals surface area contributed by atoms with Gasteiger partial charge in [-0.05, 0) is 47.9 Å². The molecule has 3 aromatic rings. The van der Waals surface area contributed by atoms with Crippen molar-refractivity contribution in [1.29, 1.82) is 0 Å². The van der Waals surface area contributed by atoms with Crippen molar-refractivity contribution in [2.75, 3.05) is 4.90 Å². The molecule has 5 nitrogen and oxygen atoms in total. The fraction of sp³-hybridized carbons (Fsp3) is 0.136. The second-order valence-electron chi connectivity index (χ2n) is 6.68. The number of anilines is 2. The van der Waals surface area contributed by atoms with Crippen molar-refractivity contribution in [2.24, 2.45) is 0 Å². The van der Waals surface area contributed by atoms with Crippen LogP contribution in [0.25, 0.3) is 0 Å². The molecule has 0 fully saturated rings. The summed E-state index contributed by atoms with van der Waals surface area (Å²) in [6.07, 6.45) is 3.35. The quantitative estimate of drug-likeness (QED) is 0.755. The molecule has 1 amide bonds. The van der Waals surface area contributed by atoms with Crippen LogP contribution >= 0.6 is 0 Å². The first-order valence-corrected chi connectivity index (χ1v) is 8.72. The Labute approximate surface area is 156 Å². The summed E-state index contributed by atoms with van der Waals surface area (Å²) in [4.78, 5) is 31.1. The van der Waals surface area contributed by atoms with Gasteiger partial charge < -0.3 is 5.11 Å². The standard InChI is InChI=1S/C22H18N2O3/c25-20(26)15-22(14-16-10-12-23-13-11-16)18-8-4-5-9-19(18)24(21(22)27)17-6-2-1-3-7-17/h1-13H,14-15H2,(H,25,26). The number of rotatable bonds is 5. The number of carbonyl (C=O) groups excluding carboxylic acids is 1. The number of fused-ring (bicyclic) bond motifs is 1. The molecule has 1 unspecified atom stereocenters. The van der Waals surface area contributed by atoms with Gasteiger partial charge >= 0.3 is 5.97 Å². The smallest absolute Gasteiger partial charge is 0.304 e. The van der Waals surface area contributed by atoms with Gasteiger partial charge in [0.25, 0.3) is 0 Å². The maximum atomic E-state index is 13.7. The zero-order valence-corrected chi connectivity index (χ0v) is 14.6. The molecule has 0 saturated carbocycles. The second-order valence-corrected chi connectivity index (χ2v) is 6.68. The van der Waals surface area contributed by atoms with Gasteiger partial charge in [-0.3, -0.25) is 19.5 Å². The Hall–Kier alpha value is -3.47. The van der Waals surface area contributed by atoms with Crippen molar-refractivity contribution in [2.45, 2.75) is 18.3 Å². The summed E-state index contributed by atoms with van der Waals surface area (Å²) in [5.41, 5.74) is 1.95. The van der Waals surface area contributed by atoms with Crippen molar-refractivity contribution in [3.05, 3.63) is 90.3 Å². The molecule has 1 N–H and O–H groups in total. The molecule has 1 aliphatic rings. The lowest BCUT2D eigenvalue weighted by molar-refractivity contribution is -0.141. The zero-order chi connectivity index (χ0) is 18.9. The predicted octanol–water partition coefficient (Wildman–Crippen LogP) is 3.72. The van der Waals surface area contributed by atoms with Crippen LogP contribution in [0.4, 0.5) is 11.4 Å². The average Bonchev–Trinajstić information content (AvgIpc) is 2.91. The summed E-state index contributed by atoms with van der Waals surface area (Å²) >= 11 is 0. The molecule has 27 heavy (non-hydrogen) atoms. The van der Waals surface area contributed by atoms with E-state index in [0.29, 0.717) is 6.42 Å². The van der Waals surface area contributed by atoms with Crippen molar-refractivity contribution < 1.29 is 14.7 Å². The summed E-state index contributed by atoms with van der Waals surface area (Å²) < 4.78 is 0. The Morgan fingerprint density at radius 2 is 1.63 bits per heavy atom. The van der Waals surface area contributed by atoms with Crippen molar-refractivity contribution in [3.63, 3.8) is 0 Å². The van der Waals surface area contributed by atoms with E-state index < -0.39 is 11.4 Å². The SMILES string of the molecule is O=C(O)CC1(Cc2ccncc2)C(=O)N(c2ccccc2)c2ccccc21. The van der Waals surface area contributed by atoms with Crippen LogP contribution in [0.15, 0.2) is 79.1 Å². The van der Waals surface area contributed by atoms with E-state index in [9.17, 15) is 14.7 Å². The molecule has 134 valence electrons. The first-order valence-electron chi connectivity index (χ1n) is 8.72. The molecule has 0 aliphatic carbocycles. The van der Waals surface area contributed by atoms with Crippen LogP contribution in [0, 0.1) is 0 Å². The fourth-order valence-electron chi connectivity index (χ4n) is 3.86. The molecule has 2 aromatic carbocycles. The van der Waals surface area contributed by atoms with Gasteiger partial charge in [-0.1, -0.05) is 36.4 Å². The number of amides is 1. The predicted molar refractivity (Wildman–Crippen MR) is 102 cm³/mol. The lowest BCUT2D eigenvalue weighted by atomic mass is 9.74. The van der Waals surface area contributed by atoms with Crippen LogP contribution in [-0.2, 0) is 21.4 Å². The van der Waals surface area contributed by atoms with E-state index in [2.05, 4.69) is 4.98 Å². The number of pyridine rings is 1. The van der Waals surface area contributed by atoms with E-state index in [0.717, 1.165) is 22.5 Å². The number of carbonyl (C=O) groups is 2. The first-order chi connectivity index (χ1) is 13.1. The van der Waals surface area contributed by atoms with Crippen LogP contribution in [0.2, 0.25) is 0 Å². The average molecular weight is 358 g/mol. The summed E-state index contributed by atoms with van der Waals surface area (Å²) in [6.45, 7) is 0. The van der Waals surface area contributed by atoms with E-state index >= 15 is 0 Å². The number of benzene rings is 2. The normalized spacial score (nSPS) is 18.4. The monoisotopic (exact) mass is 358 g/mol. The molecular weight excluding hydrogens is 340 g/mol. The number of aliphatic carboxylic acids is 1. The van der Waals surface area contributed by atoms with Crippen LogP contribution in [-0.4, -0.2) is 22.0 Å². The van der Waals surface area contributed by atoms with Crippen molar-refractivity contribution in [1.82, 2.24) is 4.98 Å². The van der Waals surface area contributed by atoms with Crippen molar-refractivity contribution >= 4 is 23.3 Å². The van der Waals surface area contributed by atoms with Gasteiger partial charge in [0.2, 0.25) is 5.91 Å². The molecule has 0 spiro atoms. The minimum absolute atomic E-state index is 0.214. The van der Waals surface area contributed by atoms with E-state index in [1.54, 1.807) is 17.3 Å². The Kier molecular flexibility index (Phi) is 4.20. The van der Waals surface area contributed by atoms with Crippen molar-refractivity contribution in [3.8, 4) is 0 Å². The fourth-order valence-corrected chi connectivity index (χ4v) is 3.86. The molecule has 2 heterocycles. The number of para-hydroxylation sites is 2. The highest BCUT2D eigenvalue weighted by Crippen LogP contribution is 2.48. The Morgan fingerprint density at radius 3 is 2.33 bits per heavy atom.